The van der Waals surface area contributed by atoms with Crippen LogP contribution in [0.25, 0.3) is 88.9 Å². The van der Waals surface area contributed by atoms with Crippen molar-refractivity contribution in [3.8, 4) is 45.0 Å². The zero-order valence-corrected chi connectivity index (χ0v) is 23.4. The molecule has 0 aliphatic heterocycles. The zero-order chi connectivity index (χ0) is 29.0. The summed E-state index contributed by atoms with van der Waals surface area (Å²) in [6, 6.07) is 45.5. The summed E-state index contributed by atoms with van der Waals surface area (Å²) >= 11 is 0. The zero-order valence-electron chi connectivity index (χ0n) is 23.4. The Morgan fingerprint density at radius 2 is 0.909 bits per heavy atom. The Balaban J connectivity index is 1.17. The predicted octanol–water partition coefficient (Wildman–Crippen LogP) is 10.3. The van der Waals surface area contributed by atoms with Crippen molar-refractivity contribution >= 4 is 43.9 Å². The minimum Gasteiger partial charge on any atom is -0.456 e. The van der Waals surface area contributed by atoms with Gasteiger partial charge in [-0.2, -0.15) is 0 Å². The van der Waals surface area contributed by atoms with Crippen molar-refractivity contribution in [2.24, 2.45) is 0 Å². The van der Waals surface area contributed by atoms with Gasteiger partial charge in [0, 0.05) is 32.7 Å². The Bertz CT molecular complexity index is 2490. The molecule has 44 heavy (non-hydrogen) atoms. The molecule has 0 bridgehead atoms. The maximum Gasteiger partial charge on any atom is 0.164 e. The Hall–Kier alpha value is -6.07. The van der Waals surface area contributed by atoms with Crippen LogP contribution in [0.1, 0.15) is 0 Å². The first-order valence-electron chi connectivity index (χ1n) is 14.5. The van der Waals surface area contributed by atoms with Crippen molar-refractivity contribution in [2.45, 2.75) is 0 Å². The molecular weight excluding hydrogens is 542 g/mol. The lowest BCUT2D eigenvalue weighted by molar-refractivity contribution is 0.668. The molecule has 0 N–H and O–H groups in total. The summed E-state index contributed by atoms with van der Waals surface area (Å²) in [6.45, 7) is 0. The number of nitrogens with zero attached hydrogens (tertiary/aromatic N) is 3. The molecule has 5 nitrogen and oxygen atoms in total. The molecule has 3 heterocycles. The summed E-state index contributed by atoms with van der Waals surface area (Å²) < 4.78 is 12.4. The van der Waals surface area contributed by atoms with Crippen LogP contribution < -0.4 is 0 Å². The number of benzene rings is 6. The Labute approximate surface area is 252 Å². The van der Waals surface area contributed by atoms with Crippen molar-refractivity contribution in [1.29, 1.82) is 0 Å². The molecular formula is C39H23N3O2. The number of hydrogen-bond acceptors (Lipinski definition) is 5. The molecule has 6 aromatic carbocycles. The van der Waals surface area contributed by atoms with E-state index in [2.05, 4.69) is 76.7 Å². The lowest BCUT2D eigenvalue weighted by Crippen LogP contribution is -1.96. The molecule has 0 amide bonds. The minimum absolute atomic E-state index is 0.589. The van der Waals surface area contributed by atoms with E-state index in [1.54, 1.807) is 6.33 Å². The van der Waals surface area contributed by atoms with E-state index in [1.807, 2.05) is 66.7 Å². The number of aromatic nitrogens is 3. The second kappa shape index (κ2) is 9.75. The summed E-state index contributed by atoms with van der Waals surface area (Å²) in [6.07, 6.45) is 1.58. The van der Waals surface area contributed by atoms with Gasteiger partial charge >= 0.3 is 0 Å². The van der Waals surface area contributed by atoms with Gasteiger partial charge in [0.2, 0.25) is 0 Å². The number of furan rings is 2. The molecule has 0 unspecified atom stereocenters. The van der Waals surface area contributed by atoms with Gasteiger partial charge in [-0.15, -0.1) is 0 Å². The average molecular weight is 566 g/mol. The van der Waals surface area contributed by atoms with Gasteiger partial charge in [-0.25, -0.2) is 15.0 Å². The van der Waals surface area contributed by atoms with Crippen molar-refractivity contribution in [1.82, 2.24) is 15.0 Å². The molecule has 0 spiro atoms. The standard InChI is InChI=1S/C39H23N3O2/c1-2-8-24(9-3-1)25-16-18-26(19-17-25)27-20-21-33-31(22-27)37-30(12-7-15-35(37)44-33)39-41-23-40-38(42-39)29-11-6-14-34-36(29)28-10-4-5-13-32(28)43-34/h1-23H. The minimum atomic E-state index is 0.589. The SMILES string of the molecule is c1ccc(-c2ccc(-c3ccc4oc5cccc(-c6ncnc(-c7cccc8oc9ccccc9c78)n6)c5c4c3)cc2)cc1. The van der Waals surface area contributed by atoms with Crippen molar-refractivity contribution in [3.63, 3.8) is 0 Å². The third kappa shape index (κ3) is 3.91. The maximum absolute atomic E-state index is 6.31. The van der Waals surface area contributed by atoms with Gasteiger partial charge < -0.3 is 8.83 Å². The predicted molar refractivity (Wildman–Crippen MR) is 176 cm³/mol. The van der Waals surface area contributed by atoms with Crippen molar-refractivity contribution in [3.05, 3.63) is 140 Å². The number of para-hydroxylation sites is 1. The van der Waals surface area contributed by atoms with E-state index in [0.717, 1.165) is 66.1 Å². The maximum atomic E-state index is 6.31. The van der Waals surface area contributed by atoms with Gasteiger partial charge in [-0.1, -0.05) is 103 Å². The smallest absolute Gasteiger partial charge is 0.164 e. The molecule has 206 valence electrons. The van der Waals surface area contributed by atoms with Gasteiger partial charge in [0.25, 0.3) is 0 Å². The van der Waals surface area contributed by atoms with Crippen LogP contribution in [-0.2, 0) is 0 Å². The van der Waals surface area contributed by atoms with E-state index in [0.29, 0.717) is 11.6 Å². The summed E-state index contributed by atoms with van der Waals surface area (Å²) in [7, 11) is 0. The molecule has 9 aromatic rings. The summed E-state index contributed by atoms with van der Waals surface area (Å²) in [5, 5.41) is 4.03. The normalized spacial score (nSPS) is 11.6. The number of rotatable bonds is 4. The summed E-state index contributed by atoms with van der Waals surface area (Å²) in [4.78, 5) is 14.2. The Morgan fingerprint density at radius 1 is 0.386 bits per heavy atom. The van der Waals surface area contributed by atoms with E-state index >= 15 is 0 Å². The van der Waals surface area contributed by atoms with Crippen LogP contribution in [0.3, 0.4) is 0 Å². The van der Waals surface area contributed by atoms with E-state index in [1.165, 1.54) is 11.1 Å². The third-order valence-corrected chi connectivity index (χ3v) is 8.28. The fourth-order valence-electron chi connectivity index (χ4n) is 6.20. The Morgan fingerprint density at radius 3 is 1.61 bits per heavy atom. The van der Waals surface area contributed by atoms with Crippen LogP contribution in [0.15, 0.2) is 149 Å². The molecule has 3 aromatic heterocycles. The first-order chi connectivity index (χ1) is 21.8. The van der Waals surface area contributed by atoms with Crippen LogP contribution in [0.2, 0.25) is 0 Å². The van der Waals surface area contributed by atoms with Crippen LogP contribution in [-0.4, -0.2) is 15.0 Å². The first-order valence-corrected chi connectivity index (χ1v) is 14.5. The van der Waals surface area contributed by atoms with Gasteiger partial charge in [-0.3, -0.25) is 0 Å². The van der Waals surface area contributed by atoms with Crippen LogP contribution >= 0.6 is 0 Å². The molecule has 0 aliphatic rings. The summed E-state index contributed by atoms with van der Waals surface area (Å²) in [5.41, 5.74) is 9.70. The van der Waals surface area contributed by atoms with Gasteiger partial charge in [0.1, 0.15) is 28.7 Å². The molecule has 0 aliphatic carbocycles. The first kappa shape index (κ1) is 24.5. The van der Waals surface area contributed by atoms with Gasteiger partial charge in [-0.05, 0) is 52.6 Å². The highest BCUT2D eigenvalue weighted by Crippen LogP contribution is 2.39. The lowest BCUT2D eigenvalue weighted by Gasteiger charge is -2.07. The highest BCUT2D eigenvalue weighted by Gasteiger charge is 2.18. The van der Waals surface area contributed by atoms with E-state index < -0.39 is 0 Å². The number of fused-ring (bicyclic) bond motifs is 6. The molecule has 9 rings (SSSR count). The molecule has 0 saturated carbocycles. The second-order valence-corrected chi connectivity index (χ2v) is 10.8. The highest BCUT2D eigenvalue weighted by atomic mass is 16.3. The highest BCUT2D eigenvalue weighted by molar-refractivity contribution is 6.13. The largest absolute Gasteiger partial charge is 0.456 e. The van der Waals surface area contributed by atoms with Gasteiger partial charge in [0.15, 0.2) is 11.6 Å². The molecule has 5 heteroatoms. The van der Waals surface area contributed by atoms with Crippen LogP contribution in [0.4, 0.5) is 0 Å². The quantitative estimate of drug-likeness (QED) is 0.212. The van der Waals surface area contributed by atoms with Crippen LogP contribution in [0.5, 0.6) is 0 Å². The lowest BCUT2D eigenvalue weighted by atomic mass is 9.98. The molecule has 0 atom stereocenters. The van der Waals surface area contributed by atoms with E-state index in [4.69, 9.17) is 13.8 Å². The Kier molecular flexibility index (Phi) is 5.43. The molecule has 0 radical (unpaired) electrons. The molecule has 0 saturated heterocycles. The summed E-state index contributed by atoms with van der Waals surface area (Å²) in [5.74, 6) is 1.18. The number of hydrogen-bond donors (Lipinski definition) is 0. The van der Waals surface area contributed by atoms with Gasteiger partial charge in [0.05, 0.1) is 0 Å². The van der Waals surface area contributed by atoms with Crippen molar-refractivity contribution in [2.75, 3.05) is 0 Å². The van der Waals surface area contributed by atoms with Crippen LogP contribution in [0, 0.1) is 0 Å². The second-order valence-electron chi connectivity index (χ2n) is 10.8. The fraction of sp³-hybridized carbons (Fsp3) is 0. The van der Waals surface area contributed by atoms with E-state index in [-0.39, 0.29) is 0 Å². The topological polar surface area (TPSA) is 65.0 Å². The average Bonchev–Trinajstić information content (AvgIpc) is 3.67. The third-order valence-electron chi connectivity index (χ3n) is 8.28. The molecule has 0 fully saturated rings. The van der Waals surface area contributed by atoms with Crippen molar-refractivity contribution < 1.29 is 8.83 Å². The van der Waals surface area contributed by atoms with E-state index in [9.17, 15) is 0 Å². The monoisotopic (exact) mass is 565 g/mol. The fourth-order valence-corrected chi connectivity index (χ4v) is 6.20.